The monoisotopic (exact) mass is 180 g/mol. The van der Waals surface area contributed by atoms with E-state index in [1.54, 1.807) is 6.21 Å². The van der Waals surface area contributed by atoms with E-state index in [0.717, 1.165) is 11.9 Å². The Hall–Kier alpha value is -0.0700. The van der Waals surface area contributed by atoms with E-state index in [-0.39, 0.29) is 0 Å². The maximum atomic E-state index is 10.7. The topological polar surface area (TPSA) is 72.5 Å². The van der Waals surface area contributed by atoms with Gasteiger partial charge in [-0.25, -0.2) is 18.0 Å². The molecule has 0 radical (unpaired) electrons. The average molecular weight is 180 g/mol. The number of nitrogens with zero attached hydrogens (tertiary/aromatic N) is 1. The third-order valence-electron chi connectivity index (χ3n) is 1.15. The summed E-state index contributed by atoms with van der Waals surface area (Å²) in [4.78, 5) is 0. The van der Waals surface area contributed by atoms with Crippen LogP contribution in [0.3, 0.4) is 0 Å². The molecule has 1 atom stereocenters. The molecule has 0 aromatic carbocycles. The Balaban J connectivity index is 2.67. The minimum Gasteiger partial charge on any atom is -0.228 e. The van der Waals surface area contributed by atoms with E-state index < -0.39 is 14.6 Å². The van der Waals surface area contributed by atoms with Crippen molar-refractivity contribution in [1.82, 2.24) is 0 Å². The van der Waals surface area contributed by atoms with Crippen LogP contribution < -0.4 is 5.14 Å². The van der Waals surface area contributed by atoms with Crippen molar-refractivity contribution in [1.29, 1.82) is 0 Å². The lowest BCUT2D eigenvalue weighted by molar-refractivity contribution is 0.592. The minimum absolute atomic E-state index is 0.530. The third-order valence-corrected chi connectivity index (χ3v) is 3.92. The molecule has 0 fully saturated rings. The van der Waals surface area contributed by atoms with Gasteiger partial charge < -0.3 is 0 Å². The van der Waals surface area contributed by atoms with E-state index in [2.05, 4.69) is 4.40 Å². The maximum absolute atomic E-state index is 10.7. The van der Waals surface area contributed by atoms with E-state index in [9.17, 15) is 8.42 Å². The van der Waals surface area contributed by atoms with Gasteiger partial charge in [-0.2, -0.15) is 0 Å². The lowest BCUT2D eigenvalue weighted by Crippen LogP contribution is -2.26. The van der Waals surface area contributed by atoms with E-state index in [1.807, 2.05) is 0 Å². The standard InChI is InChI=1S/C4H8N2O2S2/c5-10(7,8)4-2-1-3-6-9-4/h3-4H,1-2H2,(H2,5,7,8). The summed E-state index contributed by atoms with van der Waals surface area (Å²) in [6.45, 7) is 0. The summed E-state index contributed by atoms with van der Waals surface area (Å²) >= 11 is 1.03. The van der Waals surface area contributed by atoms with E-state index in [4.69, 9.17) is 5.14 Å². The van der Waals surface area contributed by atoms with Crippen molar-refractivity contribution >= 4 is 28.2 Å². The number of hydrogen-bond donors (Lipinski definition) is 1. The smallest absolute Gasteiger partial charge is 0.223 e. The fraction of sp³-hybridized carbons (Fsp3) is 0.750. The second kappa shape index (κ2) is 2.89. The van der Waals surface area contributed by atoms with Crippen LogP contribution in [0.2, 0.25) is 0 Å². The second-order valence-corrected chi connectivity index (χ2v) is 5.03. The SMILES string of the molecule is NS(=O)(=O)C1CCC=NS1. The molecule has 0 aromatic rings. The molecule has 2 N–H and O–H groups in total. The zero-order chi connectivity index (χ0) is 7.61. The molecule has 4 nitrogen and oxygen atoms in total. The molecule has 10 heavy (non-hydrogen) atoms. The highest BCUT2D eigenvalue weighted by molar-refractivity contribution is 8.12. The number of sulfonamides is 1. The fourth-order valence-electron chi connectivity index (χ4n) is 0.651. The van der Waals surface area contributed by atoms with Gasteiger partial charge in [0.15, 0.2) is 0 Å². The summed E-state index contributed by atoms with van der Waals surface area (Å²) in [5, 5.41) is 4.89. The summed E-state index contributed by atoms with van der Waals surface area (Å²) in [5.41, 5.74) is 0. The van der Waals surface area contributed by atoms with Crippen LogP contribution in [0.15, 0.2) is 4.40 Å². The zero-order valence-electron chi connectivity index (χ0n) is 5.23. The summed E-state index contributed by atoms with van der Waals surface area (Å²) < 4.78 is 24.6. The van der Waals surface area contributed by atoms with Gasteiger partial charge in [-0.1, -0.05) is 0 Å². The molecule has 1 heterocycles. The van der Waals surface area contributed by atoms with Gasteiger partial charge in [0.1, 0.15) is 4.58 Å². The number of nitrogens with two attached hydrogens (primary N) is 1. The summed E-state index contributed by atoms with van der Waals surface area (Å²) in [6.07, 6.45) is 2.98. The predicted octanol–water partition coefficient (Wildman–Crippen LogP) is 0.114. The van der Waals surface area contributed by atoms with Crippen LogP contribution in [0, 0.1) is 0 Å². The number of hydrogen-bond acceptors (Lipinski definition) is 4. The van der Waals surface area contributed by atoms with Crippen molar-refractivity contribution in [3.05, 3.63) is 0 Å². The molecule has 0 amide bonds. The van der Waals surface area contributed by atoms with Crippen LogP contribution in [0.5, 0.6) is 0 Å². The van der Waals surface area contributed by atoms with Crippen LogP contribution in [-0.4, -0.2) is 19.2 Å². The first-order valence-corrected chi connectivity index (χ1v) is 5.24. The molecule has 0 aromatic heterocycles. The third kappa shape index (κ3) is 1.96. The van der Waals surface area contributed by atoms with Crippen molar-refractivity contribution in [2.75, 3.05) is 0 Å². The van der Waals surface area contributed by atoms with Gasteiger partial charge in [0.25, 0.3) is 0 Å². The van der Waals surface area contributed by atoms with Crippen LogP contribution in [0.4, 0.5) is 0 Å². The molecule has 1 aliphatic rings. The average Bonchev–Trinajstić information content (AvgIpc) is 1.88. The normalized spacial score (nSPS) is 26.7. The molecule has 1 rings (SSSR count). The van der Waals surface area contributed by atoms with Crippen molar-refractivity contribution in [3.8, 4) is 0 Å². The first-order valence-electron chi connectivity index (χ1n) is 2.80. The molecule has 0 spiro atoms. The first kappa shape index (κ1) is 8.03. The molecule has 0 saturated carbocycles. The zero-order valence-corrected chi connectivity index (χ0v) is 6.86. The summed E-state index contributed by atoms with van der Waals surface area (Å²) in [6, 6.07) is 0. The fourth-order valence-corrected chi connectivity index (χ4v) is 2.31. The van der Waals surface area contributed by atoms with Crippen molar-refractivity contribution in [2.24, 2.45) is 9.54 Å². The van der Waals surface area contributed by atoms with Gasteiger partial charge in [0.2, 0.25) is 10.0 Å². The van der Waals surface area contributed by atoms with Gasteiger partial charge in [0, 0.05) is 6.21 Å². The predicted molar refractivity (Wildman–Crippen MR) is 42.2 cm³/mol. The summed E-state index contributed by atoms with van der Waals surface area (Å²) in [5.74, 6) is 0. The maximum Gasteiger partial charge on any atom is 0.223 e. The van der Waals surface area contributed by atoms with Crippen molar-refractivity contribution < 1.29 is 8.42 Å². The van der Waals surface area contributed by atoms with Gasteiger partial charge in [-0.05, 0) is 24.8 Å². The Morgan fingerprint density at radius 3 is 2.70 bits per heavy atom. The van der Waals surface area contributed by atoms with Gasteiger partial charge in [0.05, 0.1) is 0 Å². The highest BCUT2D eigenvalue weighted by atomic mass is 32.3. The molecular weight excluding hydrogens is 172 g/mol. The highest BCUT2D eigenvalue weighted by Gasteiger charge is 2.22. The second-order valence-electron chi connectivity index (χ2n) is 1.99. The van der Waals surface area contributed by atoms with Crippen LogP contribution >= 0.6 is 11.9 Å². The Bertz CT molecular complexity index is 234. The Kier molecular flexibility index (Phi) is 2.32. The van der Waals surface area contributed by atoms with E-state index in [1.165, 1.54) is 0 Å². The van der Waals surface area contributed by atoms with Gasteiger partial charge in [-0.3, -0.25) is 0 Å². The van der Waals surface area contributed by atoms with Crippen molar-refractivity contribution in [3.63, 3.8) is 0 Å². The molecule has 0 bridgehead atoms. The van der Waals surface area contributed by atoms with E-state index >= 15 is 0 Å². The molecule has 1 aliphatic heterocycles. The Morgan fingerprint density at radius 1 is 1.70 bits per heavy atom. The van der Waals surface area contributed by atoms with Crippen LogP contribution in [0.25, 0.3) is 0 Å². The molecule has 6 heteroatoms. The molecule has 58 valence electrons. The first-order chi connectivity index (χ1) is 4.61. The highest BCUT2D eigenvalue weighted by Crippen LogP contribution is 2.23. The number of primary sulfonamides is 1. The quantitative estimate of drug-likeness (QED) is 0.582. The lowest BCUT2D eigenvalue weighted by atomic mass is 10.4. The minimum atomic E-state index is -3.38. The summed E-state index contributed by atoms with van der Waals surface area (Å²) in [7, 11) is -3.38. The number of rotatable bonds is 1. The van der Waals surface area contributed by atoms with Gasteiger partial charge in [-0.15, -0.1) is 0 Å². The largest absolute Gasteiger partial charge is 0.228 e. The Morgan fingerprint density at radius 2 is 2.40 bits per heavy atom. The van der Waals surface area contributed by atoms with Gasteiger partial charge >= 0.3 is 0 Å². The van der Waals surface area contributed by atoms with E-state index in [0.29, 0.717) is 12.8 Å². The molecule has 0 aliphatic carbocycles. The Labute approximate surface area is 64.1 Å². The van der Waals surface area contributed by atoms with Crippen molar-refractivity contribution in [2.45, 2.75) is 17.4 Å². The lowest BCUT2D eigenvalue weighted by Gasteiger charge is -2.12. The molecular formula is C4H8N2O2S2. The molecule has 0 saturated heterocycles. The van der Waals surface area contributed by atoms with Crippen LogP contribution in [-0.2, 0) is 10.0 Å². The van der Waals surface area contributed by atoms with Crippen LogP contribution in [0.1, 0.15) is 12.8 Å². The molecule has 1 unspecified atom stereocenters.